The van der Waals surface area contributed by atoms with Crippen molar-refractivity contribution in [2.45, 2.75) is 122 Å². The molecule has 1 aliphatic heterocycles. The maximum atomic E-state index is 12.4. The van der Waals surface area contributed by atoms with Crippen LogP contribution in [0.1, 0.15) is 97.0 Å². The first-order valence-corrected chi connectivity index (χ1v) is 14.9. The van der Waals surface area contributed by atoms with Crippen LogP contribution < -0.4 is 11.4 Å². The average Bonchev–Trinajstić information content (AvgIpc) is 3.19. The van der Waals surface area contributed by atoms with Gasteiger partial charge in [-0.05, 0) is 92.6 Å². The van der Waals surface area contributed by atoms with Crippen molar-refractivity contribution < 1.29 is 24.1 Å². The Hall–Kier alpha value is -1.51. The van der Waals surface area contributed by atoms with Crippen LogP contribution in [0.3, 0.4) is 0 Å². The number of aliphatic hydroxyl groups is 2. The van der Waals surface area contributed by atoms with Crippen LogP contribution in [0.4, 0.5) is 0 Å². The Morgan fingerprint density at radius 3 is 2.55 bits per heavy atom. The smallest absolute Gasteiger partial charge is 0.335 e. The third-order valence-electron chi connectivity index (χ3n) is 11.0. The van der Waals surface area contributed by atoms with Crippen LogP contribution in [0.15, 0.2) is 39.3 Å². The van der Waals surface area contributed by atoms with Gasteiger partial charge in [0.1, 0.15) is 6.10 Å². The summed E-state index contributed by atoms with van der Waals surface area (Å²) in [5, 5.41) is 22.7. The fourth-order valence-electron chi connectivity index (χ4n) is 9.00. The highest BCUT2D eigenvalue weighted by atomic mass is 16.7. The van der Waals surface area contributed by atoms with Gasteiger partial charge in [0.2, 0.25) is 0 Å². The number of ether oxygens (including phenoxy) is 2. The van der Waals surface area contributed by atoms with Gasteiger partial charge in [0.15, 0.2) is 6.29 Å². The minimum Gasteiger partial charge on any atom is -0.431 e. The Bertz CT molecular complexity index is 1070. The molecule has 5 aliphatic rings. The zero-order valence-electron chi connectivity index (χ0n) is 23.5. The van der Waals surface area contributed by atoms with Crippen molar-refractivity contribution in [1.82, 2.24) is 0 Å². The van der Waals surface area contributed by atoms with Crippen LogP contribution in [0.2, 0.25) is 0 Å². The molecule has 10 atom stereocenters. The molecule has 1 aromatic heterocycles. The van der Waals surface area contributed by atoms with Gasteiger partial charge in [-0.15, -0.1) is 0 Å². The summed E-state index contributed by atoms with van der Waals surface area (Å²) in [6, 6.07) is 3.26. The molecule has 2 heterocycles. The van der Waals surface area contributed by atoms with E-state index in [4.69, 9.17) is 19.6 Å². The maximum absolute atomic E-state index is 12.4. The first-order chi connectivity index (χ1) is 18.1. The molecule has 3 saturated carbocycles. The molecule has 38 heavy (non-hydrogen) atoms. The average molecular weight is 530 g/mol. The van der Waals surface area contributed by atoms with E-state index in [1.807, 2.05) is 19.9 Å². The first kappa shape index (κ1) is 28.0. The van der Waals surface area contributed by atoms with Crippen LogP contribution >= 0.6 is 0 Å². The number of fused-ring (bicyclic) bond motifs is 5. The molecule has 0 bridgehead atoms. The Labute approximate surface area is 226 Å². The van der Waals surface area contributed by atoms with E-state index < -0.39 is 18.0 Å². The molecule has 6 rings (SSSR count). The summed E-state index contributed by atoms with van der Waals surface area (Å²) in [7, 11) is 0. The second kappa shape index (κ2) is 10.5. The number of nitrogens with two attached hydrogens (primary N) is 1. The van der Waals surface area contributed by atoms with E-state index in [-0.39, 0.29) is 40.4 Å². The van der Waals surface area contributed by atoms with Gasteiger partial charge in [-0.25, -0.2) is 4.79 Å². The molecule has 6 unspecified atom stereocenters. The van der Waals surface area contributed by atoms with Crippen LogP contribution in [0.5, 0.6) is 0 Å². The highest BCUT2D eigenvalue weighted by molar-refractivity contribution is 5.31. The molecule has 0 aromatic carbocycles. The van der Waals surface area contributed by atoms with Crippen molar-refractivity contribution in [2.75, 3.05) is 6.61 Å². The summed E-state index contributed by atoms with van der Waals surface area (Å²) in [6.07, 6.45) is 10.7. The molecule has 4 fully saturated rings. The molecular formula is C31H47NO6. The fraction of sp³-hybridized carbons (Fsp3) is 0.774. The topological polar surface area (TPSA) is 115 Å². The SMILES string of the molecule is CC.C[C@]12CCC(OC3OC[C@H](N)CC3O)C=C1CCC1C2CC[C@]2(C)C(c3ccc(=O)oc3)CC[C@]12O. The lowest BCUT2D eigenvalue weighted by atomic mass is 9.45. The second-order valence-electron chi connectivity index (χ2n) is 12.7. The third-order valence-corrected chi connectivity index (χ3v) is 11.0. The summed E-state index contributed by atoms with van der Waals surface area (Å²) in [5.41, 5.74) is 7.20. The molecular weight excluding hydrogens is 482 g/mol. The lowest BCUT2D eigenvalue weighted by Crippen LogP contribution is -2.60. The van der Waals surface area contributed by atoms with E-state index in [0.29, 0.717) is 18.9 Å². The lowest BCUT2D eigenvalue weighted by molar-refractivity contribution is -0.233. The van der Waals surface area contributed by atoms with Crippen molar-refractivity contribution in [3.05, 3.63) is 46.0 Å². The molecule has 4 N–H and O–H groups in total. The monoisotopic (exact) mass is 529 g/mol. The molecule has 0 spiro atoms. The van der Waals surface area contributed by atoms with Crippen LogP contribution in [0.25, 0.3) is 0 Å². The largest absolute Gasteiger partial charge is 0.431 e. The van der Waals surface area contributed by atoms with Crippen molar-refractivity contribution >= 4 is 0 Å². The number of aliphatic hydroxyl groups excluding tert-OH is 1. The molecule has 7 heteroatoms. The Balaban J connectivity index is 0.00000144. The molecule has 1 saturated heterocycles. The normalized spacial score (nSPS) is 46.1. The van der Waals surface area contributed by atoms with Crippen LogP contribution in [0, 0.1) is 22.7 Å². The highest BCUT2D eigenvalue weighted by Crippen LogP contribution is 2.70. The summed E-state index contributed by atoms with van der Waals surface area (Å²) in [4.78, 5) is 11.5. The summed E-state index contributed by atoms with van der Waals surface area (Å²) in [5.74, 6) is 0.914. The van der Waals surface area contributed by atoms with E-state index in [1.165, 1.54) is 11.6 Å². The number of allylic oxidation sites excluding steroid dienone is 1. The Kier molecular flexibility index (Phi) is 7.73. The zero-order valence-corrected chi connectivity index (χ0v) is 23.5. The molecule has 212 valence electrons. The van der Waals surface area contributed by atoms with Gasteiger partial charge >= 0.3 is 5.63 Å². The first-order valence-electron chi connectivity index (χ1n) is 14.9. The third kappa shape index (κ3) is 4.43. The molecule has 1 aromatic rings. The summed E-state index contributed by atoms with van der Waals surface area (Å²) >= 11 is 0. The quantitative estimate of drug-likeness (QED) is 0.488. The highest BCUT2D eigenvalue weighted by Gasteiger charge is 2.66. The number of hydrogen-bond donors (Lipinski definition) is 3. The minimum atomic E-state index is -0.711. The summed E-state index contributed by atoms with van der Waals surface area (Å²) < 4.78 is 17.1. The number of hydrogen-bond acceptors (Lipinski definition) is 7. The van der Waals surface area contributed by atoms with Crippen LogP contribution in [-0.4, -0.2) is 47.0 Å². The molecule has 0 radical (unpaired) electrons. The van der Waals surface area contributed by atoms with E-state index in [0.717, 1.165) is 56.9 Å². The molecule has 0 amide bonds. The van der Waals surface area contributed by atoms with Gasteiger partial charge in [0.05, 0.1) is 24.6 Å². The van der Waals surface area contributed by atoms with E-state index in [9.17, 15) is 15.0 Å². The van der Waals surface area contributed by atoms with E-state index >= 15 is 0 Å². The zero-order chi connectivity index (χ0) is 27.3. The van der Waals surface area contributed by atoms with Gasteiger partial charge < -0.3 is 29.8 Å². The van der Waals surface area contributed by atoms with E-state index in [2.05, 4.69) is 19.9 Å². The van der Waals surface area contributed by atoms with Crippen LogP contribution in [-0.2, 0) is 9.47 Å². The van der Waals surface area contributed by atoms with Crippen molar-refractivity contribution in [1.29, 1.82) is 0 Å². The van der Waals surface area contributed by atoms with E-state index in [1.54, 1.807) is 6.26 Å². The summed E-state index contributed by atoms with van der Waals surface area (Å²) in [6.45, 7) is 9.09. The van der Waals surface area contributed by atoms with Crippen molar-refractivity contribution in [3.8, 4) is 0 Å². The fourth-order valence-corrected chi connectivity index (χ4v) is 9.00. The van der Waals surface area contributed by atoms with Gasteiger partial charge in [-0.3, -0.25) is 0 Å². The standard InChI is InChI=1S/C29H41NO6.C2H6/c1-27-10-7-20(36-26-24(31)14-19(30)16-35-26)13-18(27)4-5-23-22(27)8-11-28(2)21(9-12-29(23,28)33)17-3-6-25(32)34-15-17;1-2/h3,6,13,15,19-24,26,31,33H,4-5,7-12,14,16,30H2,1-2H3;1-2H3/t19-,20?,21?,22?,23?,24?,26?,27+,28-,29+;/m1./s1. The van der Waals surface area contributed by atoms with Gasteiger partial charge in [-0.2, -0.15) is 0 Å². The van der Waals surface area contributed by atoms with Gasteiger partial charge in [0, 0.05) is 17.5 Å². The van der Waals surface area contributed by atoms with Crippen molar-refractivity contribution in [3.63, 3.8) is 0 Å². The predicted molar refractivity (Wildman–Crippen MR) is 145 cm³/mol. The molecule has 4 aliphatic carbocycles. The minimum absolute atomic E-state index is 0.0564. The predicted octanol–water partition coefficient (Wildman–Crippen LogP) is 4.65. The Morgan fingerprint density at radius 2 is 1.84 bits per heavy atom. The lowest BCUT2D eigenvalue weighted by Gasteiger charge is -2.62. The van der Waals surface area contributed by atoms with Gasteiger partial charge in [-0.1, -0.05) is 39.3 Å². The van der Waals surface area contributed by atoms with Crippen molar-refractivity contribution in [2.24, 2.45) is 28.4 Å². The Morgan fingerprint density at radius 1 is 1.05 bits per heavy atom. The molecule has 7 nitrogen and oxygen atoms in total. The maximum Gasteiger partial charge on any atom is 0.335 e. The second-order valence-corrected chi connectivity index (χ2v) is 12.7. The van der Waals surface area contributed by atoms with Gasteiger partial charge in [0.25, 0.3) is 0 Å². The number of rotatable bonds is 3.